The number of furan rings is 2. The van der Waals surface area contributed by atoms with Gasteiger partial charge in [-0.2, -0.15) is 0 Å². The van der Waals surface area contributed by atoms with Crippen molar-refractivity contribution in [3.8, 4) is 44.9 Å². The Kier molecular flexibility index (Phi) is 13.4. The molecule has 0 saturated heterocycles. The van der Waals surface area contributed by atoms with Crippen molar-refractivity contribution in [1.82, 2.24) is 0 Å². The minimum Gasteiger partial charge on any atom is -1.00 e. The molecule has 0 amide bonds. The van der Waals surface area contributed by atoms with Crippen LogP contribution in [0.15, 0.2) is 142 Å². The van der Waals surface area contributed by atoms with Gasteiger partial charge in [-0.3, -0.25) is 0 Å². The third-order valence-electron chi connectivity index (χ3n) is 9.33. The Bertz CT molecular complexity index is 2150. The van der Waals surface area contributed by atoms with Crippen LogP contribution in [0.2, 0.25) is 0 Å². The van der Waals surface area contributed by atoms with Gasteiger partial charge < -0.3 is 33.6 Å². The van der Waals surface area contributed by atoms with E-state index < -0.39 is 0 Å². The molecule has 8 rings (SSSR count). The van der Waals surface area contributed by atoms with Gasteiger partial charge in [-0.25, -0.2) is 0 Å². The third-order valence-corrected chi connectivity index (χ3v) is 9.33. The summed E-state index contributed by atoms with van der Waals surface area (Å²) >= 11 is 0. The molecule has 51 heavy (non-hydrogen) atoms. The van der Waals surface area contributed by atoms with Gasteiger partial charge in [0, 0.05) is 0 Å². The Labute approximate surface area is 333 Å². The minimum atomic E-state index is 0. The predicted molar refractivity (Wildman–Crippen MR) is 203 cm³/mol. The zero-order valence-electron chi connectivity index (χ0n) is 29.9. The summed E-state index contributed by atoms with van der Waals surface area (Å²) < 4.78 is 11.6. The number of halogens is 2. The first-order chi connectivity index (χ1) is 23.2. The largest absolute Gasteiger partial charge is 4.00 e. The van der Waals surface area contributed by atoms with E-state index in [1.807, 2.05) is 38.1 Å². The second-order valence-corrected chi connectivity index (χ2v) is 13.5. The summed E-state index contributed by atoms with van der Waals surface area (Å²) in [7, 11) is 0. The molecule has 0 unspecified atom stereocenters. The summed E-state index contributed by atoms with van der Waals surface area (Å²) in [5.41, 5.74) is 10.1. The molecule has 2 aromatic heterocycles. The van der Waals surface area contributed by atoms with Gasteiger partial charge in [0.2, 0.25) is 0 Å². The number of aryl methyl sites for hydroxylation is 2. The van der Waals surface area contributed by atoms with E-state index in [0.717, 1.165) is 34.2 Å². The van der Waals surface area contributed by atoms with Crippen molar-refractivity contribution >= 4 is 21.5 Å². The monoisotopic (exact) mass is 786 g/mol. The van der Waals surface area contributed by atoms with Gasteiger partial charge >= 0.3 is 26.2 Å². The molecule has 0 radical (unpaired) electrons. The fraction of sp³-hybridized carbons (Fsp3) is 0.174. The van der Waals surface area contributed by atoms with Crippen LogP contribution in [-0.4, -0.2) is 0 Å². The molecule has 5 heteroatoms. The van der Waals surface area contributed by atoms with E-state index in [4.69, 9.17) is 8.83 Å². The number of benzene rings is 4. The van der Waals surface area contributed by atoms with Crippen LogP contribution in [0.25, 0.3) is 66.4 Å². The standard InChI is InChI=1S/2C23H21O.2ClH.Zr/c2*1-15(2)17-8-10-18(11-9-17)21-6-4-5-19-13-20(14-22(19)21)23-12-7-16(3)24-23;;;/h2*4-15H,1-3H3;2*1H;/q2*-1;;;+4/p-2. The van der Waals surface area contributed by atoms with E-state index in [2.05, 4.69) is 137 Å². The molecule has 0 aliphatic carbocycles. The average Bonchev–Trinajstić information content (AvgIpc) is 3.91. The maximum absolute atomic E-state index is 5.79. The van der Waals surface area contributed by atoms with Gasteiger partial charge in [0.25, 0.3) is 0 Å². The summed E-state index contributed by atoms with van der Waals surface area (Å²) in [4.78, 5) is 0. The van der Waals surface area contributed by atoms with Crippen LogP contribution in [0, 0.1) is 13.8 Å². The smallest absolute Gasteiger partial charge is 1.00 e. The number of hydrogen-bond donors (Lipinski definition) is 0. The van der Waals surface area contributed by atoms with Crippen molar-refractivity contribution in [2.75, 3.05) is 0 Å². The van der Waals surface area contributed by atoms with E-state index in [1.54, 1.807) is 0 Å². The van der Waals surface area contributed by atoms with Crippen molar-refractivity contribution in [3.05, 3.63) is 156 Å². The Morgan fingerprint density at radius 3 is 1.16 bits per heavy atom. The van der Waals surface area contributed by atoms with Crippen molar-refractivity contribution in [1.29, 1.82) is 0 Å². The van der Waals surface area contributed by atoms with Crippen LogP contribution in [0.3, 0.4) is 0 Å². The molecule has 0 saturated carbocycles. The van der Waals surface area contributed by atoms with Crippen LogP contribution < -0.4 is 24.8 Å². The van der Waals surface area contributed by atoms with Crippen LogP contribution >= 0.6 is 0 Å². The summed E-state index contributed by atoms with van der Waals surface area (Å²) in [5.74, 6) is 4.87. The normalized spacial score (nSPS) is 10.8. The molecule has 0 atom stereocenters. The minimum absolute atomic E-state index is 0. The summed E-state index contributed by atoms with van der Waals surface area (Å²) in [6, 6.07) is 47.8. The SMILES string of the molecule is Cc1ccc(-c2cc3c(-c4ccc(C(C)C)cc4)cccc3[cH-]2)o1.Cc1ccc(-c2cc3c(-c4ccc(C(C)C)cc4)cccc3[cH-]2)o1.[Cl-].[Cl-].[Zr+4]. The van der Waals surface area contributed by atoms with Crippen LogP contribution in [-0.2, 0) is 26.2 Å². The third kappa shape index (κ3) is 8.61. The van der Waals surface area contributed by atoms with Crippen LogP contribution in [0.1, 0.15) is 62.2 Å². The molecule has 0 spiro atoms. The van der Waals surface area contributed by atoms with E-state index in [1.165, 1.54) is 54.9 Å². The number of fused-ring (bicyclic) bond motifs is 2. The molecule has 8 aromatic rings. The van der Waals surface area contributed by atoms with E-state index in [0.29, 0.717) is 11.8 Å². The predicted octanol–water partition coefficient (Wildman–Crippen LogP) is 7.84. The fourth-order valence-corrected chi connectivity index (χ4v) is 6.53. The van der Waals surface area contributed by atoms with Gasteiger partial charge in [-0.1, -0.05) is 123 Å². The Morgan fingerprint density at radius 1 is 0.471 bits per heavy atom. The maximum Gasteiger partial charge on any atom is 4.00 e. The van der Waals surface area contributed by atoms with Crippen molar-refractivity contribution in [2.45, 2.75) is 53.4 Å². The summed E-state index contributed by atoms with van der Waals surface area (Å²) in [6.07, 6.45) is 0. The second-order valence-electron chi connectivity index (χ2n) is 13.5. The van der Waals surface area contributed by atoms with Gasteiger partial charge in [-0.15, -0.1) is 57.9 Å². The first kappa shape index (κ1) is 39.9. The van der Waals surface area contributed by atoms with Crippen LogP contribution in [0.5, 0.6) is 0 Å². The molecular weight excluding hydrogens is 747 g/mol. The fourth-order valence-electron chi connectivity index (χ4n) is 6.53. The zero-order chi connectivity index (χ0) is 33.4. The molecule has 0 bridgehead atoms. The molecule has 0 aliphatic heterocycles. The maximum atomic E-state index is 5.79. The molecule has 0 N–H and O–H groups in total. The van der Waals surface area contributed by atoms with E-state index in [-0.39, 0.29) is 51.0 Å². The molecule has 0 aliphatic rings. The quantitative estimate of drug-likeness (QED) is 0.161. The second kappa shape index (κ2) is 17.1. The molecule has 0 fully saturated rings. The Hall–Kier alpha value is -3.88. The molecule has 2 heterocycles. The number of hydrogen-bond acceptors (Lipinski definition) is 2. The first-order valence-electron chi connectivity index (χ1n) is 17.0. The van der Waals surface area contributed by atoms with Gasteiger partial charge in [0.05, 0.1) is 23.0 Å². The first-order valence-corrected chi connectivity index (χ1v) is 17.0. The topological polar surface area (TPSA) is 26.3 Å². The Balaban J connectivity index is 0.000000216. The van der Waals surface area contributed by atoms with Crippen molar-refractivity contribution < 1.29 is 59.9 Å². The molecule has 256 valence electrons. The van der Waals surface area contributed by atoms with Gasteiger partial charge in [0.15, 0.2) is 0 Å². The van der Waals surface area contributed by atoms with Crippen molar-refractivity contribution in [2.24, 2.45) is 0 Å². The van der Waals surface area contributed by atoms with Crippen LogP contribution in [0.4, 0.5) is 0 Å². The van der Waals surface area contributed by atoms with E-state index >= 15 is 0 Å². The summed E-state index contributed by atoms with van der Waals surface area (Å²) in [5, 5.41) is 5.06. The molecular formula is C46H42Cl2O2Zr. The average molecular weight is 789 g/mol. The van der Waals surface area contributed by atoms with Gasteiger partial charge in [0.1, 0.15) is 0 Å². The Morgan fingerprint density at radius 2 is 0.843 bits per heavy atom. The summed E-state index contributed by atoms with van der Waals surface area (Å²) in [6.45, 7) is 12.9. The van der Waals surface area contributed by atoms with E-state index in [9.17, 15) is 0 Å². The molecule has 2 nitrogen and oxygen atoms in total. The zero-order valence-corrected chi connectivity index (χ0v) is 33.9. The van der Waals surface area contributed by atoms with Crippen molar-refractivity contribution in [3.63, 3.8) is 0 Å². The number of rotatable bonds is 6. The van der Waals surface area contributed by atoms with Gasteiger partial charge in [-0.05, 0) is 72.2 Å². The molecule has 6 aromatic carbocycles.